The summed E-state index contributed by atoms with van der Waals surface area (Å²) in [5.41, 5.74) is 3.92. The summed E-state index contributed by atoms with van der Waals surface area (Å²) in [5.74, 6) is 0.652. The molecule has 0 fully saturated rings. The van der Waals surface area contributed by atoms with Crippen LogP contribution >= 0.6 is 11.3 Å². The number of thiazole rings is 1. The van der Waals surface area contributed by atoms with Crippen molar-refractivity contribution in [2.75, 3.05) is 11.9 Å². The van der Waals surface area contributed by atoms with Crippen LogP contribution in [0.15, 0.2) is 60.1 Å². The summed E-state index contributed by atoms with van der Waals surface area (Å²) >= 11 is 1.63. The van der Waals surface area contributed by atoms with Gasteiger partial charge in [0.15, 0.2) is 5.13 Å². The van der Waals surface area contributed by atoms with Crippen LogP contribution < -0.4 is 5.32 Å². The first kappa shape index (κ1) is 15.2. The number of hydrogen-bond donors (Lipinski definition) is 2. The van der Waals surface area contributed by atoms with Crippen LogP contribution in [0.4, 0.5) is 5.13 Å². The van der Waals surface area contributed by atoms with Crippen LogP contribution in [-0.4, -0.2) is 16.6 Å². The lowest BCUT2D eigenvalue weighted by Crippen LogP contribution is -2.31. The van der Waals surface area contributed by atoms with Gasteiger partial charge in [-0.15, -0.1) is 11.3 Å². The lowest BCUT2D eigenvalue weighted by molar-refractivity contribution is 0.329. The van der Waals surface area contributed by atoms with Crippen molar-refractivity contribution < 1.29 is 5.11 Å². The summed E-state index contributed by atoms with van der Waals surface area (Å²) in [6, 6.07) is 16.5. The van der Waals surface area contributed by atoms with E-state index in [1.807, 2.05) is 17.6 Å². The molecule has 0 unspecified atom stereocenters. The van der Waals surface area contributed by atoms with E-state index in [0.717, 1.165) is 18.1 Å². The van der Waals surface area contributed by atoms with Gasteiger partial charge >= 0.3 is 0 Å². The Hall–Kier alpha value is -2.33. The van der Waals surface area contributed by atoms with Gasteiger partial charge in [0.2, 0.25) is 0 Å². The Morgan fingerprint density at radius 1 is 1.25 bits per heavy atom. The monoisotopic (exact) mass is 336 g/mol. The maximum absolute atomic E-state index is 9.88. The fourth-order valence-corrected chi connectivity index (χ4v) is 4.45. The molecule has 1 heterocycles. The van der Waals surface area contributed by atoms with E-state index in [1.165, 1.54) is 16.7 Å². The van der Waals surface area contributed by atoms with Crippen molar-refractivity contribution in [1.82, 2.24) is 4.98 Å². The van der Waals surface area contributed by atoms with Gasteiger partial charge in [-0.25, -0.2) is 4.98 Å². The summed E-state index contributed by atoms with van der Waals surface area (Å²) in [6.45, 7) is 3.16. The Labute approximate surface area is 146 Å². The third-order valence-electron chi connectivity index (χ3n) is 4.94. The lowest BCUT2D eigenvalue weighted by atomic mass is 9.74. The highest BCUT2D eigenvalue weighted by Crippen LogP contribution is 2.51. The van der Waals surface area contributed by atoms with Crippen LogP contribution in [0.1, 0.15) is 29.5 Å². The Balaban J connectivity index is 1.72. The van der Waals surface area contributed by atoms with Gasteiger partial charge in [-0.3, -0.25) is 0 Å². The first-order chi connectivity index (χ1) is 11.7. The van der Waals surface area contributed by atoms with Crippen molar-refractivity contribution in [3.05, 3.63) is 76.8 Å². The fourth-order valence-electron chi connectivity index (χ4n) is 3.92. The first-order valence-electron chi connectivity index (χ1n) is 8.16. The second kappa shape index (κ2) is 5.95. The highest BCUT2D eigenvalue weighted by atomic mass is 32.1. The maximum atomic E-state index is 9.88. The molecule has 2 aromatic carbocycles. The van der Waals surface area contributed by atoms with E-state index in [9.17, 15) is 5.11 Å². The van der Waals surface area contributed by atoms with E-state index in [1.54, 1.807) is 17.4 Å². The van der Waals surface area contributed by atoms with Gasteiger partial charge in [0.05, 0.1) is 0 Å². The van der Waals surface area contributed by atoms with E-state index in [2.05, 4.69) is 53.6 Å². The smallest absolute Gasteiger partial charge is 0.182 e. The first-order valence-corrected chi connectivity index (χ1v) is 9.04. The molecule has 2 N–H and O–H groups in total. The van der Waals surface area contributed by atoms with Crippen LogP contribution in [0.25, 0.3) is 0 Å². The topological polar surface area (TPSA) is 45.2 Å². The number of nitrogens with zero attached hydrogens (tertiary/aromatic N) is 1. The van der Waals surface area contributed by atoms with Crippen molar-refractivity contribution in [2.45, 2.75) is 19.3 Å². The number of rotatable bonds is 4. The molecule has 2 atom stereocenters. The molecule has 1 aromatic heterocycles. The number of nitrogens with one attached hydrogen (secondary N) is 1. The van der Waals surface area contributed by atoms with Crippen LogP contribution in [-0.2, 0) is 6.42 Å². The summed E-state index contributed by atoms with van der Waals surface area (Å²) in [7, 11) is 0. The molecule has 0 spiro atoms. The second-order valence-electron chi connectivity index (χ2n) is 6.75. The van der Waals surface area contributed by atoms with Crippen molar-refractivity contribution >= 4 is 16.5 Å². The van der Waals surface area contributed by atoms with Crippen molar-refractivity contribution in [3.63, 3.8) is 0 Å². The molecular formula is C20H20N2OS. The van der Waals surface area contributed by atoms with Gasteiger partial charge in [0.1, 0.15) is 5.75 Å². The third-order valence-corrected chi connectivity index (χ3v) is 5.67. The molecule has 3 nitrogen and oxygen atoms in total. The molecule has 0 bridgehead atoms. The summed E-state index contributed by atoms with van der Waals surface area (Å²) in [4.78, 5) is 4.34. The second-order valence-corrected chi connectivity index (χ2v) is 7.64. The molecule has 3 aromatic rings. The van der Waals surface area contributed by atoms with Crippen molar-refractivity contribution in [3.8, 4) is 5.75 Å². The quantitative estimate of drug-likeness (QED) is 0.728. The van der Waals surface area contributed by atoms with Crippen LogP contribution in [0.3, 0.4) is 0 Å². The normalized spacial score (nSPS) is 22.3. The molecule has 0 aliphatic heterocycles. The van der Waals surface area contributed by atoms with Gasteiger partial charge in [-0.05, 0) is 40.7 Å². The largest absolute Gasteiger partial charge is 0.508 e. The van der Waals surface area contributed by atoms with E-state index >= 15 is 0 Å². The van der Waals surface area contributed by atoms with E-state index in [-0.39, 0.29) is 5.41 Å². The Morgan fingerprint density at radius 3 is 2.83 bits per heavy atom. The van der Waals surface area contributed by atoms with Crippen LogP contribution in [0.5, 0.6) is 5.75 Å². The number of aromatic nitrogens is 1. The zero-order valence-electron chi connectivity index (χ0n) is 13.6. The number of phenolic OH excluding ortho intramolecular Hbond substituents is 1. The Kier molecular flexibility index (Phi) is 3.77. The zero-order valence-corrected chi connectivity index (χ0v) is 14.4. The molecule has 4 rings (SSSR count). The molecule has 122 valence electrons. The van der Waals surface area contributed by atoms with Gasteiger partial charge in [0.25, 0.3) is 0 Å². The van der Waals surface area contributed by atoms with E-state index < -0.39 is 0 Å². The highest BCUT2D eigenvalue weighted by Gasteiger charge is 2.43. The summed E-state index contributed by atoms with van der Waals surface area (Å²) < 4.78 is 0. The molecule has 0 saturated heterocycles. The number of anilines is 1. The Morgan fingerprint density at radius 2 is 2.08 bits per heavy atom. The van der Waals surface area contributed by atoms with E-state index in [0.29, 0.717) is 11.7 Å². The van der Waals surface area contributed by atoms with Gasteiger partial charge < -0.3 is 10.4 Å². The lowest BCUT2D eigenvalue weighted by Gasteiger charge is -2.32. The van der Waals surface area contributed by atoms with Crippen LogP contribution in [0, 0.1) is 5.41 Å². The predicted octanol–water partition coefficient (Wildman–Crippen LogP) is 4.66. The van der Waals surface area contributed by atoms with Crippen molar-refractivity contribution in [2.24, 2.45) is 5.41 Å². The number of phenols is 1. The fraction of sp³-hybridized carbons (Fsp3) is 0.250. The minimum atomic E-state index is 0.0309. The number of aromatic hydroxyl groups is 1. The standard InChI is InChI=1S/C20H20N2OS/c1-20(13-22-19-21-9-10-24-19)12-15-11-16(23)7-8-17(15)18(20)14-5-3-2-4-6-14/h2-11,18,23H,12-13H2,1H3,(H,21,22)/t18-,20-/m0/s1. The van der Waals surface area contributed by atoms with E-state index in [4.69, 9.17) is 0 Å². The van der Waals surface area contributed by atoms with Gasteiger partial charge in [-0.2, -0.15) is 0 Å². The molecular weight excluding hydrogens is 316 g/mol. The molecule has 24 heavy (non-hydrogen) atoms. The van der Waals surface area contributed by atoms with Crippen molar-refractivity contribution in [1.29, 1.82) is 0 Å². The molecule has 4 heteroatoms. The molecule has 0 radical (unpaired) electrons. The third kappa shape index (κ3) is 2.67. The molecule has 0 saturated carbocycles. The zero-order chi connectivity index (χ0) is 16.6. The Bertz CT molecular complexity index is 832. The minimum absolute atomic E-state index is 0.0309. The summed E-state index contributed by atoms with van der Waals surface area (Å²) in [5, 5.41) is 16.3. The SMILES string of the molecule is C[C@@]1(CNc2nccs2)Cc2cc(O)ccc2[C@@H]1c1ccccc1. The number of benzene rings is 2. The highest BCUT2D eigenvalue weighted by molar-refractivity contribution is 7.13. The molecule has 0 amide bonds. The van der Waals surface area contributed by atoms with Crippen LogP contribution in [0.2, 0.25) is 0 Å². The average molecular weight is 336 g/mol. The average Bonchev–Trinajstić information content (AvgIpc) is 3.19. The van der Waals surface area contributed by atoms with Gasteiger partial charge in [-0.1, -0.05) is 43.3 Å². The molecule has 1 aliphatic carbocycles. The minimum Gasteiger partial charge on any atom is -0.508 e. The number of hydrogen-bond acceptors (Lipinski definition) is 4. The molecule has 1 aliphatic rings. The van der Waals surface area contributed by atoms with Gasteiger partial charge in [0, 0.05) is 24.0 Å². The number of fused-ring (bicyclic) bond motifs is 1. The maximum Gasteiger partial charge on any atom is 0.182 e. The summed E-state index contributed by atoms with van der Waals surface area (Å²) in [6.07, 6.45) is 2.76. The predicted molar refractivity (Wildman–Crippen MR) is 98.8 cm³/mol.